The van der Waals surface area contributed by atoms with Crippen LogP contribution in [0.5, 0.6) is 0 Å². The van der Waals surface area contributed by atoms with E-state index in [1.165, 1.54) is 5.56 Å². The highest BCUT2D eigenvalue weighted by Crippen LogP contribution is 2.28. The molecule has 1 amide bonds. The Morgan fingerprint density at radius 3 is 2.12 bits per heavy atom. The van der Waals surface area contributed by atoms with Crippen LogP contribution in [0.25, 0.3) is 33.3 Å². The number of aromatic nitrogens is 1. The number of carbonyl (C=O) groups excluding carboxylic acids is 1. The third-order valence-electron chi connectivity index (χ3n) is 5.94. The van der Waals surface area contributed by atoms with Crippen molar-refractivity contribution >= 4 is 16.8 Å². The molecule has 1 aromatic heterocycles. The molecular weight excluding hydrogens is 396 g/mol. The highest BCUT2D eigenvalue weighted by Gasteiger charge is 2.28. The van der Waals surface area contributed by atoms with Gasteiger partial charge < -0.3 is 9.64 Å². The van der Waals surface area contributed by atoms with Gasteiger partial charge in [-0.05, 0) is 37.1 Å². The van der Waals surface area contributed by atoms with Crippen LogP contribution in [-0.2, 0) is 4.74 Å². The van der Waals surface area contributed by atoms with Gasteiger partial charge in [0.05, 0.1) is 29.0 Å². The Balaban J connectivity index is 1.54. The maximum atomic E-state index is 13.6. The molecule has 0 unspecified atom stereocenters. The second kappa shape index (κ2) is 8.56. The highest BCUT2D eigenvalue weighted by atomic mass is 16.5. The second-order valence-electron chi connectivity index (χ2n) is 8.48. The summed E-state index contributed by atoms with van der Waals surface area (Å²) in [6, 6.07) is 28.5. The molecule has 0 N–H and O–H groups in total. The molecule has 2 heterocycles. The first-order valence-corrected chi connectivity index (χ1v) is 11.1. The van der Waals surface area contributed by atoms with Crippen molar-refractivity contribution in [2.24, 2.45) is 0 Å². The van der Waals surface area contributed by atoms with Crippen molar-refractivity contribution in [3.63, 3.8) is 0 Å². The first kappa shape index (κ1) is 20.4. The van der Waals surface area contributed by atoms with Gasteiger partial charge in [0.25, 0.3) is 5.91 Å². The average Bonchev–Trinajstić information content (AvgIpc) is 2.83. The molecule has 0 spiro atoms. The number of amides is 1. The van der Waals surface area contributed by atoms with E-state index in [9.17, 15) is 4.79 Å². The predicted octanol–water partition coefficient (Wildman–Crippen LogP) is 5.82. The van der Waals surface area contributed by atoms with Gasteiger partial charge in [-0.1, -0.05) is 72.8 Å². The van der Waals surface area contributed by atoms with Gasteiger partial charge in [-0.15, -0.1) is 0 Å². The molecule has 1 fully saturated rings. The normalized spacial score (nSPS) is 18.6. The number of fused-ring (bicyclic) bond motifs is 1. The second-order valence-corrected chi connectivity index (χ2v) is 8.48. The summed E-state index contributed by atoms with van der Waals surface area (Å²) < 4.78 is 5.82. The molecule has 0 radical (unpaired) electrons. The van der Waals surface area contributed by atoms with Crippen molar-refractivity contribution in [1.29, 1.82) is 0 Å². The summed E-state index contributed by atoms with van der Waals surface area (Å²) in [5.74, 6) is 0.0350. The Hall–Kier alpha value is -3.50. The molecule has 1 saturated heterocycles. The number of para-hydroxylation sites is 1. The van der Waals surface area contributed by atoms with Crippen LogP contribution in [0, 0.1) is 0 Å². The minimum Gasteiger partial charge on any atom is -0.372 e. The van der Waals surface area contributed by atoms with Gasteiger partial charge in [-0.25, -0.2) is 4.98 Å². The number of hydrogen-bond donors (Lipinski definition) is 0. The van der Waals surface area contributed by atoms with Gasteiger partial charge in [-0.3, -0.25) is 4.79 Å². The molecule has 0 saturated carbocycles. The van der Waals surface area contributed by atoms with Gasteiger partial charge in [0.2, 0.25) is 0 Å². The van der Waals surface area contributed by atoms with E-state index in [1.54, 1.807) is 0 Å². The van der Waals surface area contributed by atoms with Gasteiger partial charge in [-0.2, -0.15) is 0 Å². The molecular formula is C28H26N2O2. The third-order valence-corrected chi connectivity index (χ3v) is 5.94. The standard InChI is InChI=1S/C28H26N2O2/c1-19-17-30(18-20(2)32-19)28(31)25-16-27(29-26-11-7-6-10-24(25)26)23-14-12-22(13-15-23)21-8-4-3-5-9-21/h3-16,19-20H,17-18H2,1-2H3/t19-,20-/m0/s1. The molecule has 1 aliphatic rings. The minimum absolute atomic E-state index is 0.0285. The van der Waals surface area contributed by atoms with Crippen molar-refractivity contribution in [3.8, 4) is 22.4 Å². The Morgan fingerprint density at radius 2 is 1.41 bits per heavy atom. The van der Waals surface area contributed by atoms with Crippen molar-refractivity contribution in [1.82, 2.24) is 9.88 Å². The average molecular weight is 423 g/mol. The van der Waals surface area contributed by atoms with E-state index < -0.39 is 0 Å². The quantitative estimate of drug-likeness (QED) is 0.418. The number of hydrogen-bond acceptors (Lipinski definition) is 3. The zero-order valence-electron chi connectivity index (χ0n) is 18.4. The van der Waals surface area contributed by atoms with E-state index in [2.05, 4.69) is 36.4 Å². The molecule has 4 heteroatoms. The molecule has 2 atom stereocenters. The summed E-state index contributed by atoms with van der Waals surface area (Å²) in [5, 5.41) is 0.883. The van der Waals surface area contributed by atoms with Crippen molar-refractivity contribution in [2.45, 2.75) is 26.1 Å². The summed E-state index contributed by atoms with van der Waals surface area (Å²) in [4.78, 5) is 20.3. The molecule has 1 aliphatic heterocycles. The van der Waals surface area contributed by atoms with Crippen LogP contribution in [0.3, 0.4) is 0 Å². The van der Waals surface area contributed by atoms with Gasteiger partial charge in [0.15, 0.2) is 0 Å². The summed E-state index contributed by atoms with van der Waals surface area (Å²) in [6.07, 6.45) is 0.0570. The Kier molecular flexibility index (Phi) is 5.46. The lowest BCUT2D eigenvalue weighted by Crippen LogP contribution is -2.48. The van der Waals surface area contributed by atoms with E-state index in [4.69, 9.17) is 9.72 Å². The lowest BCUT2D eigenvalue weighted by Gasteiger charge is -2.35. The van der Waals surface area contributed by atoms with Crippen molar-refractivity contribution in [2.75, 3.05) is 13.1 Å². The number of nitrogens with zero attached hydrogens (tertiary/aromatic N) is 2. The molecule has 4 nitrogen and oxygen atoms in total. The third kappa shape index (κ3) is 4.02. The summed E-state index contributed by atoms with van der Waals surface area (Å²) in [5.41, 5.74) is 5.66. The Morgan fingerprint density at radius 1 is 0.812 bits per heavy atom. The first-order chi connectivity index (χ1) is 15.6. The summed E-state index contributed by atoms with van der Waals surface area (Å²) >= 11 is 0. The van der Waals surface area contributed by atoms with Crippen LogP contribution in [0.2, 0.25) is 0 Å². The maximum Gasteiger partial charge on any atom is 0.254 e. The molecule has 160 valence electrons. The number of ether oxygens (including phenoxy) is 1. The van der Waals surface area contributed by atoms with Crippen molar-refractivity contribution in [3.05, 3.63) is 90.5 Å². The fourth-order valence-electron chi connectivity index (χ4n) is 4.48. The Bertz CT molecular complexity index is 1240. The zero-order chi connectivity index (χ0) is 22.1. The van der Waals surface area contributed by atoms with Crippen LogP contribution in [0.1, 0.15) is 24.2 Å². The minimum atomic E-state index is 0.0285. The van der Waals surface area contributed by atoms with E-state index >= 15 is 0 Å². The van der Waals surface area contributed by atoms with E-state index in [-0.39, 0.29) is 18.1 Å². The topological polar surface area (TPSA) is 42.4 Å². The number of carbonyl (C=O) groups is 1. The van der Waals surface area contributed by atoms with Gasteiger partial charge >= 0.3 is 0 Å². The van der Waals surface area contributed by atoms with E-state index in [1.807, 2.05) is 67.3 Å². The van der Waals surface area contributed by atoms with Crippen LogP contribution in [0.4, 0.5) is 0 Å². The largest absolute Gasteiger partial charge is 0.372 e. The highest BCUT2D eigenvalue weighted by molar-refractivity contribution is 6.07. The molecule has 0 aliphatic carbocycles. The Labute approximate surface area is 188 Å². The zero-order valence-corrected chi connectivity index (χ0v) is 18.4. The first-order valence-electron chi connectivity index (χ1n) is 11.1. The van der Waals surface area contributed by atoms with Crippen LogP contribution < -0.4 is 0 Å². The summed E-state index contributed by atoms with van der Waals surface area (Å²) in [6.45, 7) is 5.22. The van der Waals surface area contributed by atoms with Gasteiger partial charge in [0.1, 0.15) is 0 Å². The van der Waals surface area contributed by atoms with E-state index in [0.29, 0.717) is 18.7 Å². The predicted molar refractivity (Wildman–Crippen MR) is 129 cm³/mol. The lowest BCUT2D eigenvalue weighted by molar-refractivity contribution is -0.0585. The van der Waals surface area contributed by atoms with Gasteiger partial charge in [0, 0.05) is 24.0 Å². The summed E-state index contributed by atoms with van der Waals surface area (Å²) in [7, 11) is 0. The molecule has 4 aromatic rings. The van der Waals surface area contributed by atoms with Crippen molar-refractivity contribution < 1.29 is 9.53 Å². The number of pyridine rings is 1. The number of benzene rings is 3. The lowest BCUT2D eigenvalue weighted by atomic mass is 10.00. The van der Waals surface area contributed by atoms with E-state index in [0.717, 1.165) is 27.7 Å². The van der Waals surface area contributed by atoms with Crippen LogP contribution >= 0.6 is 0 Å². The smallest absolute Gasteiger partial charge is 0.254 e. The molecule has 3 aromatic carbocycles. The fraction of sp³-hybridized carbons (Fsp3) is 0.214. The van der Waals surface area contributed by atoms with Crippen LogP contribution in [0.15, 0.2) is 84.9 Å². The molecule has 5 rings (SSSR count). The maximum absolute atomic E-state index is 13.6. The van der Waals surface area contributed by atoms with Crippen LogP contribution in [-0.4, -0.2) is 41.1 Å². The molecule has 32 heavy (non-hydrogen) atoms. The number of morpholine rings is 1. The number of rotatable bonds is 3. The fourth-order valence-corrected chi connectivity index (χ4v) is 4.48. The molecule has 0 bridgehead atoms. The SMILES string of the molecule is C[C@H]1CN(C(=O)c2cc(-c3ccc(-c4ccccc4)cc3)nc3ccccc23)C[C@H](C)O1. The monoisotopic (exact) mass is 422 g/mol.